The Morgan fingerprint density at radius 1 is 1.53 bits per heavy atom. The second-order valence-electron chi connectivity index (χ2n) is 3.70. The van der Waals surface area contributed by atoms with Crippen LogP contribution in [-0.2, 0) is 11.3 Å². The fourth-order valence-electron chi connectivity index (χ4n) is 1.33. The maximum atomic E-state index is 11.7. The van der Waals surface area contributed by atoms with E-state index in [-0.39, 0.29) is 5.91 Å². The van der Waals surface area contributed by atoms with E-state index in [0.717, 1.165) is 15.8 Å². The van der Waals surface area contributed by atoms with Crippen molar-refractivity contribution >= 4 is 33.6 Å². The van der Waals surface area contributed by atoms with Crippen LogP contribution in [0.3, 0.4) is 0 Å². The SMILES string of the molecule is CSCC[C@H](N)C(=O)NCc1ccccc1Br. The third-order valence-corrected chi connectivity index (χ3v) is 3.80. The van der Waals surface area contributed by atoms with Gasteiger partial charge in [-0.15, -0.1) is 0 Å². The molecule has 0 aliphatic heterocycles. The third kappa shape index (κ3) is 5.10. The first kappa shape index (κ1) is 14.5. The summed E-state index contributed by atoms with van der Waals surface area (Å²) in [6.07, 6.45) is 2.72. The number of thioether (sulfide) groups is 1. The highest BCUT2D eigenvalue weighted by Gasteiger charge is 2.12. The minimum absolute atomic E-state index is 0.0881. The van der Waals surface area contributed by atoms with Gasteiger partial charge in [-0.1, -0.05) is 34.1 Å². The zero-order valence-electron chi connectivity index (χ0n) is 9.78. The Morgan fingerprint density at radius 3 is 2.88 bits per heavy atom. The fourth-order valence-corrected chi connectivity index (χ4v) is 2.25. The highest BCUT2D eigenvalue weighted by Crippen LogP contribution is 2.15. The second kappa shape index (κ2) is 7.74. The van der Waals surface area contributed by atoms with Crippen LogP contribution in [0.5, 0.6) is 0 Å². The molecule has 1 rings (SSSR count). The quantitative estimate of drug-likeness (QED) is 0.845. The molecule has 17 heavy (non-hydrogen) atoms. The van der Waals surface area contributed by atoms with Crippen LogP contribution in [0, 0.1) is 0 Å². The summed E-state index contributed by atoms with van der Waals surface area (Å²) in [4.78, 5) is 11.7. The topological polar surface area (TPSA) is 55.1 Å². The van der Waals surface area contributed by atoms with Crippen molar-refractivity contribution < 1.29 is 4.79 Å². The molecule has 0 radical (unpaired) electrons. The van der Waals surface area contributed by atoms with Crippen LogP contribution in [0.25, 0.3) is 0 Å². The number of carbonyl (C=O) groups is 1. The molecular formula is C12H17BrN2OS. The average molecular weight is 317 g/mol. The van der Waals surface area contributed by atoms with Gasteiger partial charge in [0.15, 0.2) is 0 Å². The van der Waals surface area contributed by atoms with E-state index >= 15 is 0 Å². The first-order valence-corrected chi connectivity index (χ1v) is 7.59. The van der Waals surface area contributed by atoms with E-state index in [4.69, 9.17) is 5.73 Å². The number of carbonyl (C=O) groups excluding carboxylic acids is 1. The molecule has 0 saturated heterocycles. The number of hydrogen-bond donors (Lipinski definition) is 2. The zero-order chi connectivity index (χ0) is 12.7. The van der Waals surface area contributed by atoms with Gasteiger partial charge in [0.2, 0.25) is 5.91 Å². The van der Waals surface area contributed by atoms with Gasteiger partial charge >= 0.3 is 0 Å². The Balaban J connectivity index is 2.40. The summed E-state index contributed by atoms with van der Waals surface area (Å²) in [6, 6.07) is 7.40. The Bertz CT molecular complexity index is 373. The van der Waals surface area contributed by atoms with E-state index in [2.05, 4.69) is 21.2 Å². The number of benzene rings is 1. The summed E-state index contributed by atoms with van der Waals surface area (Å²) in [5.41, 5.74) is 6.82. The molecule has 94 valence electrons. The molecule has 1 aromatic rings. The number of amides is 1. The molecule has 0 saturated carbocycles. The first-order chi connectivity index (χ1) is 8.15. The van der Waals surface area contributed by atoms with Gasteiger partial charge in [-0.3, -0.25) is 4.79 Å². The number of nitrogens with one attached hydrogen (secondary N) is 1. The second-order valence-corrected chi connectivity index (χ2v) is 5.54. The molecule has 0 aromatic heterocycles. The molecule has 0 fully saturated rings. The van der Waals surface area contributed by atoms with Gasteiger partial charge in [0.1, 0.15) is 0 Å². The van der Waals surface area contributed by atoms with Crippen LogP contribution in [0.1, 0.15) is 12.0 Å². The number of rotatable bonds is 6. The van der Waals surface area contributed by atoms with E-state index in [1.54, 1.807) is 11.8 Å². The molecular weight excluding hydrogens is 300 g/mol. The average Bonchev–Trinajstić information content (AvgIpc) is 2.34. The standard InChI is InChI=1S/C12H17BrN2OS/c1-17-7-6-11(14)12(16)15-8-9-4-2-3-5-10(9)13/h2-5,11H,6-8,14H2,1H3,(H,15,16)/t11-/m0/s1. The number of halogens is 1. The molecule has 5 heteroatoms. The normalized spacial score (nSPS) is 12.2. The highest BCUT2D eigenvalue weighted by atomic mass is 79.9. The van der Waals surface area contributed by atoms with Crippen molar-refractivity contribution in [2.75, 3.05) is 12.0 Å². The van der Waals surface area contributed by atoms with Crippen LogP contribution in [0.4, 0.5) is 0 Å². The van der Waals surface area contributed by atoms with Crippen LogP contribution >= 0.6 is 27.7 Å². The lowest BCUT2D eigenvalue weighted by Gasteiger charge is -2.12. The molecule has 0 heterocycles. The van der Waals surface area contributed by atoms with E-state index in [1.807, 2.05) is 30.5 Å². The van der Waals surface area contributed by atoms with Crippen molar-refractivity contribution in [3.63, 3.8) is 0 Å². The van der Waals surface area contributed by atoms with Crippen LogP contribution in [0.2, 0.25) is 0 Å². The van der Waals surface area contributed by atoms with Crippen molar-refractivity contribution in [1.29, 1.82) is 0 Å². The minimum atomic E-state index is -0.412. The summed E-state index contributed by atoms with van der Waals surface area (Å²) in [5, 5.41) is 2.85. The zero-order valence-corrected chi connectivity index (χ0v) is 12.2. The lowest BCUT2D eigenvalue weighted by Crippen LogP contribution is -2.40. The van der Waals surface area contributed by atoms with Crippen molar-refractivity contribution in [2.45, 2.75) is 19.0 Å². The van der Waals surface area contributed by atoms with Gasteiger partial charge in [-0.25, -0.2) is 0 Å². The Morgan fingerprint density at radius 2 is 2.24 bits per heavy atom. The summed E-state index contributed by atoms with van der Waals surface area (Å²) in [6.45, 7) is 0.507. The predicted molar refractivity (Wildman–Crippen MR) is 77.0 cm³/mol. The Labute approximate surface area is 115 Å². The summed E-state index contributed by atoms with van der Waals surface area (Å²) in [7, 11) is 0. The lowest BCUT2D eigenvalue weighted by atomic mass is 10.2. The third-order valence-electron chi connectivity index (χ3n) is 2.38. The number of hydrogen-bond acceptors (Lipinski definition) is 3. The first-order valence-electron chi connectivity index (χ1n) is 5.40. The Kier molecular flexibility index (Phi) is 6.62. The van der Waals surface area contributed by atoms with Crippen LogP contribution in [-0.4, -0.2) is 24.0 Å². The molecule has 0 bridgehead atoms. The van der Waals surface area contributed by atoms with Gasteiger partial charge in [0.25, 0.3) is 0 Å². The smallest absolute Gasteiger partial charge is 0.237 e. The van der Waals surface area contributed by atoms with Gasteiger partial charge in [-0.2, -0.15) is 11.8 Å². The molecule has 0 unspecified atom stereocenters. The number of nitrogens with two attached hydrogens (primary N) is 1. The maximum Gasteiger partial charge on any atom is 0.237 e. The Hall–Kier alpha value is -0.520. The van der Waals surface area contributed by atoms with E-state index in [0.29, 0.717) is 13.0 Å². The molecule has 3 nitrogen and oxygen atoms in total. The molecule has 0 aliphatic carbocycles. The van der Waals surface area contributed by atoms with E-state index in [1.165, 1.54) is 0 Å². The molecule has 3 N–H and O–H groups in total. The van der Waals surface area contributed by atoms with Crippen LogP contribution in [0.15, 0.2) is 28.7 Å². The lowest BCUT2D eigenvalue weighted by molar-refractivity contribution is -0.122. The monoisotopic (exact) mass is 316 g/mol. The van der Waals surface area contributed by atoms with Crippen molar-refractivity contribution in [1.82, 2.24) is 5.32 Å². The molecule has 0 spiro atoms. The summed E-state index contributed by atoms with van der Waals surface area (Å²) >= 11 is 5.14. The van der Waals surface area contributed by atoms with Gasteiger partial charge in [0.05, 0.1) is 6.04 Å². The van der Waals surface area contributed by atoms with Gasteiger partial charge < -0.3 is 11.1 Å². The maximum absolute atomic E-state index is 11.7. The summed E-state index contributed by atoms with van der Waals surface area (Å²) in [5.74, 6) is 0.818. The van der Waals surface area contributed by atoms with Crippen molar-refractivity contribution in [3.8, 4) is 0 Å². The summed E-state index contributed by atoms with van der Waals surface area (Å²) < 4.78 is 0.998. The van der Waals surface area contributed by atoms with E-state index in [9.17, 15) is 4.79 Å². The minimum Gasteiger partial charge on any atom is -0.351 e. The predicted octanol–water partition coefficient (Wildman–Crippen LogP) is 2.15. The fraction of sp³-hybridized carbons (Fsp3) is 0.417. The molecule has 1 atom stereocenters. The van der Waals surface area contributed by atoms with Gasteiger partial charge in [0, 0.05) is 11.0 Å². The molecule has 1 aromatic carbocycles. The van der Waals surface area contributed by atoms with Crippen molar-refractivity contribution in [3.05, 3.63) is 34.3 Å². The molecule has 1 amide bonds. The highest BCUT2D eigenvalue weighted by molar-refractivity contribution is 9.10. The van der Waals surface area contributed by atoms with E-state index < -0.39 is 6.04 Å². The molecule has 0 aliphatic rings. The van der Waals surface area contributed by atoms with Crippen molar-refractivity contribution in [2.24, 2.45) is 5.73 Å². The van der Waals surface area contributed by atoms with Gasteiger partial charge in [-0.05, 0) is 30.1 Å². The van der Waals surface area contributed by atoms with Crippen LogP contribution < -0.4 is 11.1 Å². The largest absolute Gasteiger partial charge is 0.351 e.